The Labute approximate surface area is 232 Å². The number of esters is 1. The predicted octanol–water partition coefficient (Wildman–Crippen LogP) is 6.56. The average molecular weight is 532 g/mol. The van der Waals surface area contributed by atoms with Gasteiger partial charge in [-0.1, -0.05) is 72.8 Å². The summed E-state index contributed by atoms with van der Waals surface area (Å²) in [7, 11) is 1.58. The smallest absolute Gasteiger partial charge is 0.336 e. The van der Waals surface area contributed by atoms with Crippen LogP contribution in [-0.4, -0.2) is 25.5 Å². The maximum absolute atomic E-state index is 13.7. The highest BCUT2D eigenvalue weighted by Crippen LogP contribution is 2.48. The lowest BCUT2D eigenvalue weighted by molar-refractivity contribution is -0.138. The molecular weight excluding hydrogens is 502 g/mol. The molecule has 0 radical (unpaired) electrons. The summed E-state index contributed by atoms with van der Waals surface area (Å²) in [5, 5.41) is 5.61. The van der Waals surface area contributed by atoms with Gasteiger partial charge >= 0.3 is 5.97 Å². The van der Waals surface area contributed by atoms with Gasteiger partial charge in [-0.15, -0.1) is 0 Å². The summed E-state index contributed by atoms with van der Waals surface area (Å²) >= 11 is 0. The molecule has 1 aliphatic carbocycles. The van der Waals surface area contributed by atoms with Crippen molar-refractivity contribution in [2.45, 2.75) is 26.4 Å². The molecule has 40 heavy (non-hydrogen) atoms. The molecule has 1 heterocycles. The van der Waals surface area contributed by atoms with Gasteiger partial charge in [-0.05, 0) is 47.9 Å². The Bertz CT molecular complexity index is 1730. The highest BCUT2D eigenvalue weighted by molar-refractivity contribution is 6.23. The van der Waals surface area contributed by atoms with Crippen LogP contribution in [-0.2, 0) is 16.1 Å². The first-order valence-corrected chi connectivity index (χ1v) is 13.3. The number of nitrogens with one attached hydrogen (secondary N) is 1. The number of benzene rings is 4. The van der Waals surface area contributed by atoms with Crippen LogP contribution >= 0.6 is 0 Å². The summed E-state index contributed by atoms with van der Waals surface area (Å²) in [6.45, 7) is 4.20. The van der Waals surface area contributed by atoms with Gasteiger partial charge in [-0.25, -0.2) is 4.79 Å². The molecule has 0 saturated heterocycles. The first kappa shape index (κ1) is 25.4. The monoisotopic (exact) mass is 531 g/mol. The van der Waals surface area contributed by atoms with Crippen LogP contribution in [0, 0.1) is 0 Å². The summed E-state index contributed by atoms with van der Waals surface area (Å²) in [6, 6.07) is 27.4. The Hall–Kier alpha value is -4.84. The Morgan fingerprint density at radius 3 is 2.45 bits per heavy atom. The van der Waals surface area contributed by atoms with E-state index in [2.05, 4.69) is 29.6 Å². The zero-order valence-corrected chi connectivity index (χ0v) is 22.6. The number of dihydropyridines is 1. The fourth-order valence-electron chi connectivity index (χ4n) is 5.70. The summed E-state index contributed by atoms with van der Waals surface area (Å²) < 4.78 is 17.4. The molecule has 0 saturated carbocycles. The topological polar surface area (TPSA) is 73.9 Å². The molecule has 0 bridgehead atoms. The number of carbonyl (C=O) groups is 2. The molecule has 0 spiro atoms. The van der Waals surface area contributed by atoms with Gasteiger partial charge in [0.25, 0.3) is 0 Å². The lowest BCUT2D eigenvalue weighted by Gasteiger charge is -2.29. The molecular formula is C34H29NO5. The molecule has 1 aliphatic heterocycles. The van der Waals surface area contributed by atoms with E-state index in [1.54, 1.807) is 14.0 Å². The molecule has 2 aliphatic rings. The maximum Gasteiger partial charge on any atom is 0.336 e. The molecule has 6 rings (SSSR count). The largest absolute Gasteiger partial charge is 0.493 e. The number of Topliss-reactive ketones (excluding diaryl/α,β-unsaturated/α-hetero) is 1. The lowest BCUT2D eigenvalue weighted by atomic mass is 9.79. The van der Waals surface area contributed by atoms with Crippen LogP contribution in [0.1, 0.15) is 46.8 Å². The highest BCUT2D eigenvalue weighted by Gasteiger charge is 2.43. The van der Waals surface area contributed by atoms with Crippen LogP contribution < -0.4 is 14.8 Å². The van der Waals surface area contributed by atoms with Gasteiger partial charge in [0.05, 0.1) is 25.0 Å². The SMILES string of the molecule is CCOC(=O)C1=C(C)NC2=C(C(=O)c3ccccc32)[C@@H]1c1ccc(OCc2cccc3ccccc23)c(OC)c1. The van der Waals surface area contributed by atoms with Gasteiger partial charge in [0.2, 0.25) is 0 Å². The van der Waals surface area contributed by atoms with Crippen LogP contribution in [0.2, 0.25) is 0 Å². The standard InChI is InChI=1S/C34H29NO5/c1-4-39-34(37)29-20(2)35-32-25-14-7-8-15-26(25)33(36)31(32)30(29)22-16-17-27(28(18-22)38-3)40-19-23-12-9-11-21-10-5-6-13-24(21)23/h5-18,30,35H,4,19H2,1-3H3/t30-/m1/s1. The molecule has 1 N–H and O–H groups in total. The van der Waals surface area contributed by atoms with Crippen molar-refractivity contribution in [2.24, 2.45) is 0 Å². The van der Waals surface area contributed by atoms with Crippen molar-refractivity contribution in [3.05, 3.63) is 124 Å². The van der Waals surface area contributed by atoms with Gasteiger partial charge in [0.15, 0.2) is 17.3 Å². The number of hydrogen-bond acceptors (Lipinski definition) is 6. The first-order chi connectivity index (χ1) is 19.5. The van der Waals surface area contributed by atoms with Crippen molar-refractivity contribution < 1.29 is 23.8 Å². The molecule has 1 atom stereocenters. The zero-order chi connectivity index (χ0) is 27.8. The quantitative estimate of drug-likeness (QED) is 0.272. The van der Waals surface area contributed by atoms with E-state index in [1.807, 2.05) is 67.6 Å². The molecule has 0 unspecified atom stereocenters. The minimum Gasteiger partial charge on any atom is -0.493 e. The summed E-state index contributed by atoms with van der Waals surface area (Å²) in [5.41, 5.74) is 5.58. The van der Waals surface area contributed by atoms with E-state index >= 15 is 0 Å². The van der Waals surface area contributed by atoms with Crippen LogP contribution in [0.15, 0.2) is 102 Å². The summed E-state index contributed by atoms with van der Waals surface area (Å²) in [5.74, 6) is -0.101. The minimum atomic E-state index is -0.629. The number of ether oxygens (including phenoxy) is 3. The molecule has 0 fully saturated rings. The minimum absolute atomic E-state index is 0.104. The van der Waals surface area contributed by atoms with E-state index < -0.39 is 11.9 Å². The fourth-order valence-corrected chi connectivity index (χ4v) is 5.70. The van der Waals surface area contributed by atoms with Gasteiger partial charge in [-0.3, -0.25) is 4.79 Å². The van der Waals surface area contributed by atoms with Crippen molar-refractivity contribution in [3.8, 4) is 11.5 Å². The van der Waals surface area contributed by atoms with Gasteiger partial charge in [-0.2, -0.15) is 0 Å². The Kier molecular flexibility index (Phi) is 6.60. The van der Waals surface area contributed by atoms with E-state index in [-0.39, 0.29) is 12.4 Å². The molecule has 0 amide bonds. The van der Waals surface area contributed by atoms with Gasteiger partial charge in [0.1, 0.15) is 6.61 Å². The van der Waals surface area contributed by atoms with Crippen molar-refractivity contribution in [3.63, 3.8) is 0 Å². The van der Waals surface area contributed by atoms with Crippen molar-refractivity contribution in [2.75, 3.05) is 13.7 Å². The number of fused-ring (bicyclic) bond motifs is 3. The summed E-state index contributed by atoms with van der Waals surface area (Å²) in [6.07, 6.45) is 0. The highest BCUT2D eigenvalue weighted by atomic mass is 16.5. The van der Waals surface area contributed by atoms with Crippen LogP contribution in [0.5, 0.6) is 11.5 Å². The van der Waals surface area contributed by atoms with Crippen molar-refractivity contribution >= 4 is 28.2 Å². The third-order valence-electron chi connectivity index (χ3n) is 7.53. The van der Waals surface area contributed by atoms with Gasteiger partial charge < -0.3 is 19.5 Å². The van der Waals surface area contributed by atoms with Crippen LogP contribution in [0.25, 0.3) is 16.5 Å². The molecule has 4 aromatic rings. The molecule has 200 valence electrons. The third-order valence-corrected chi connectivity index (χ3v) is 7.53. The second-order valence-corrected chi connectivity index (χ2v) is 9.82. The van der Waals surface area contributed by atoms with Crippen LogP contribution in [0.4, 0.5) is 0 Å². The Balaban J connectivity index is 1.39. The third kappa shape index (κ3) is 4.22. The number of rotatable bonds is 7. The molecule has 6 nitrogen and oxygen atoms in total. The number of allylic oxidation sites excluding steroid dienone is 2. The average Bonchev–Trinajstić information content (AvgIpc) is 3.26. The van der Waals surface area contributed by atoms with E-state index in [0.29, 0.717) is 40.5 Å². The molecule has 6 heteroatoms. The second kappa shape index (κ2) is 10.4. The van der Waals surface area contributed by atoms with E-state index in [1.165, 1.54) is 0 Å². The van der Waals surface area contributed by atoms with Crippen molar-refractivity contribution in [1.29, 1.82) is 0 Å². The predicted molar refractivity (Wildman–Crippen MR) is 154 cm³/mol. The first-order valence-electron chi connectivity index (χ1n) is 13.3. The van der Waals surface area contributed by atoms with Gasteiger partial charge in [0, 0.05) is 28.3 Å². The van der Waals surface area contributed by atoms with Crippen LogP contribution in [0.3, 0.4) is 0 Å². The second-order valence-electron chi connectivity index (χ2n) is 9.82. The molecule has 0 aromatic heterocycles. The van der Waals surface area contributed by atoms with E-state index in [9.17, 15) is 9.59 Å². The normalized spacial score (nSPS) is 16.0. The Morgan fingerprint density at radius 2 is 1.65 bits per heavy atom. The van der Waals surface area contributed by atoms with E-state index in [0.717, 1.165) is 33.2 Å². The Morgan fingerprint density at radius 1 is 0.900 bits per heavy atom. The number of carbonyl (C=O) groups excluding carboxylic acids is 2. The number of ketones is 1. The fraction of sp³-hybridized carbons (Fsp3) is 0.176. The number of hydrogen-bond donors (Lipinski definition) is 1. The van der Waals surface area contributed by atoms with Crippen molar-refractivity contribution in [1.82, 2.24) is 5.32 Å². The van der Waals surface area contributed by atoms with E-state index in [4.69, 9.17) is 14.2 Å². The number of methoxy groups -OCH3 is 1. The molecule has 4 aromatic carbocycles. The summed E-state index contributed by atoms with van der Waals surface area (Å²) in [4.78, 5) is 26.9. The zero-order valence-electron chi connectivity index (χ0n) is 22.6. The maximum atomic E-state index is 13.7. The lowest BCUT2D eigenvalue weighted by Crippen LogP contribution is -2.29.